The molecule has 1 unspecified atom stereocenters. The van der Waals surface area contributed by atoms with Gasteiger partial charge in [0.1, 0.15) is 0 Å². The van der Waals surface area contributed by atoms with Crippen molar-refractivity contribution in [3.63, 3.8) is 0 Å². The standard InChI is InChI=1S/C15H14O4/c1-10(16)19-14(15(17)18-2)13-9-5-7-11-6-3-4-8-12(11)13/h3-9,14H,1-2H3. The summed E-state index contributed by atoms with van der Waals surface area (Å²) >= 11 is 0. The molecule has 0 spiro atoms. The van der Waals surface area contributed by atoms with Crippen molar-refractivity contribution in [2.24, 2.45) is 0 Å². The lowest BCUT2D eigenvalue weighted by molar-refractivity contribution is -0.165. The molecule has 0 fully saturated rings. The van der Waals surface area contributed by atoms with E-state index < -0.39 is 18.0 Å². The summed E-state index contributed by atoms with van der Waals surface area (Å²) in [5, 5.41) is 1.84. The Labute approximate surface area is 110 Å². The minimum absolute atomic E-state index is 0.525. The highest BCUT2D eigenvalue weighted by Crippen LogP contribution is 2.27. The van der Waals surface area contributed by atoms with Gasteiger partial charge in [0.2, 0.25) is 6.10 Å². The zero-order valence-electron chi connectivity index (χ0n) is 10.8. The molecular formula is C15H14O4. The fourth-order valence-corrected chi connectivity index (χ4v) is 1.99. The number of esters is 2. The third-order valence-electron chi connectivity index (χ3n) is 2.80. The summed E-state index contributed by atoms with van der Waals surface area (Å²) in [4.78, 5) is 22.9. The summed E-state index contributed by atoms with van der Waals surface area (Å²) < 4.78 is 9.78. The molecule has 0 N–H and O–H groups in total. The highest BCUT2D eigenvalue weighted by atomic mass is 16.6. The minimum Gasteiger partial charge on any atom is -0.466 e. The molecular weight excluding hydrogens is 244 g/mol. The van der Waals surface area contributed by atoms with E-state index in [1.54, 1.807) is 6.07 Å². The first-order valence-corrected chi connectivity index (χ1v) is 5.86. The van der Waals surface area contributed by atoms with Crippen LogP contribution in [0.2, 0.25) is 0 Å². The van der Waals surface area contributed by atoms with Gasteiger partial charge < -0.3 is 9.47 Å². The number of benzene rings is 2. The van der Waals surface area contributed by atoms with Crippen molar-refractivity contribution in [1.82, 2.24) is 0 Å². The molecule has 1 atom stereocenters. The van der Waals surface area contributed by atoms with Crippen LogP contribution in [-0.2, 0) is 19.1 Å². The number of hydrogen-bond donors (Lipinski definition) is 0. The smallest absolute Gasteiger partial charge is 0.351 e. The Morgan fingerprint density at radius 2 is 1.74 bits per heavy atom. The molecule has 0 amide bonds. The normalized spacial score (nSPS) is 11.9. The van der Waals surface area contributed by atoms with E-state index in [1.807, 2.05) is 36.4 Å². The average Bonchev–Trinajstić information content (AvgIpc) is 2.43. The summed E-state index contributed by atoms with van der Waals surface area (Å²) in [5.41, 5.74) is 0.625. The third kappa shape index (κ3) is 2.73. The molecule has 98 valence electrons. The molecule has 2 rings (SSSR count). The van der Waals surface area contributed by atoms with Crippen LogP contribution < -0.4 is 0 Å². The Kier molecular flexibility index (Phi) is 3.80. The van der Waals surface area contributed by atoms with Crippen LogP contribution in [0.5, 0.6) is 0 Å². The van der Waals surface area contributed by atoms with Gasteiger partial charge in [-0.1, -0.05) is 42.5 Å². The monoisotopic (exact) mass is 258 g/mol. The molecule has 0 aliphatic heterocycles. The van der Waals surface area contributed by atoms with Gasteiger partial charge in [0.25, 0.3) is 0 Å². The zero-order chi connectivity index (χ0) is 13.8. The topological polar surface area (TPSA) is 52.6 Å². The lowest BCUT2D eigenvalue weighted by atomic mass is 10.0. The van der Waals surface area contributed by atoms with Gasteiger partial charge in [-0.05, 0) is 10.8 Å². The van der Waals surface area contributed by atoms with E-state index in [0.717, 1.165) is 10.8 Å². The predicted octanol–water partition coefficient (Wildman–Crippen LogP) is 2.62. The average molecular weight is 258 g/mol. The second kappa shape index (κ2) is 5.52. The molecule has 4 heteroatoms. The molecule has 0 saturated heterocycles. The largest absolute Gasteiger partial charge is 0.466 e. The van der Waals surface area contributed by atoms with Gasteiger partial charge in [-0.25, -0.2) is 4.79 Å². The van der Waals surface area contributed by atoms with Crippen LogP contribution in [-0.4, -0.2) is 19.0 Å². The lowest BCUT2D eigenvalue weighted by Crippen LogP contribution is -2.20. The van der Waals surface area contributed by atoms with Crippen LogP contribution in [0.3, 0.4) is 0 Å². The summed E-state index contributed by atoms with van der Waals surface area (Å²) in [6.45, 7) is 1.26. The van der Waals surface area contributed by atoms with Crippen LogP contribution in [0.1, 0.15) is 18.6 Å². The summed E-state index contributed by atoms with van der Waals surface area (Å²) in [7, 11) is 1.27. The SMILES string of the molecule is COC(=O)C(OC(C)=O)c1cccc2ccccc12. The number of fused-ring (bicyclic) bond motifs is 1. The van der Waals surface area contributed by atoms with E-state index in [0.29, 0.717) is 5.56 Å². The number of carbonyl (C=O) groups is 2. The number of hydrogen-bond acceptors (Lipinski definition) is 4. The van der Waals surface area contributed by atoms with Crippen LogP contribution in [0.15, 0.2) is 42.5 Å². The Morgan fingerprint density at radius 3 is 2.42 bits per heavy atom. The molecule has 0 saturated carbocycles. The summed E-state index contributed by atoms with van der Waals surface area (Å²) in [6.07, 6.45) is -1.03. The van der Waals surface area contributed by atoms with Crippen LogP contribution in [0.4, 0.5) is 0 Å². The highest BCUT2D eigenvalue weighted by molar-refractivity contribution is 5.91. The van der Waals surface area contributed by atoms with Gasteiger partial charge in [0.15, 0.2) is 0 Å². The van der Waals surface area contributed by atoms with Crippen molar-refractivity contribution in [2.45, 2.75) is 13.0 Å². The predicted molar refractivity (Wildman–Crippen MR) is 70.5 cm³/mol. The second-order valence-electron chi connectivity index (χ2n) is 4.08. The lowest BCUT2D eigenvalue weighted by Gasteiger charge is -2.16. The van der Waals surface area contributed by atoms with Crippen LogP contribution in [0, 0.1) is 0 Å². The molecule has 2 aromatic carbocycles. The first kappa shape index (κ1) is 13.1. The van der Waals surface area contributed by atoms with E-state index in [2.05, 4.69) is 0 Å². The van der Waals surface area contributed by atoms with Gasteiger partial charge in [0.05, 0.1) is 7.11 Å². The van der Waals surface area contributed by atoms with Crippen molar-refractivity contribution in [3.05, 3.63) is 48.0 Å². The van der Waals surface area contributed by atoms with E-state index in [9.17, 15) is 9.59 Å². The molecule has 0 aromatic heterocycles. The molecule has 0 heterocycles. The van der Waals surface area contributed by atoms with Crippen molar-refractivity contribution in [3.8, 4) is 0 Å². The number of rotatable bonds is 3. The van der Waals surface area contributed by atoms with Crippen molar-refractivity contribution in [1.29, 1.82) is 0 Å². The fraction of sp³-hybridized carbons (Fsp3) is 0.200. The molecule has 0 radical (unpaired) electrons. The van der Waals surface area contributed by atoms with Crippen molar-refractivity contribution >= 4 is 22.7 Å². The quantitative estimate of drug-likeness (QED) is 0.794. The number of ether oxygens (including phenoxy) is 2. The maximum absolute atomic E-state index is 11.8. The van der Waals surface area contributed by atoms with Gasteiger partial charge in [0, 0.05) is 12.5 Å². The number of methoxy groups -OCH3 is 1. The maximum Gasteiger partial charge on any atom is 0.351 e. The first-order valence-electron chi connectivity index (χ1n) is 5.86. The summed E-state index contributed by atoms with van der Waals surface area (Å²) in [6, 6.07) is 13.1. The highest BCUT2D eigenvalue weighted by Gasteiger charge is 2.26. The molecule has 4 nitrogen and oxygen atoms in total. The van der Waals surface area contributed by atoms with E-state index in [1.165, 1.54) is 14.0 Å². The minimum atomic E-state index is -1.03. The molecule has 0 bridgehead atoms. The van der Waals surface area contributed by atoms with Gasteiger partial charge in [-0.15, -0.1) is 0 Å². The Morgan fingerprint density at radius 1 is 1.05 bits per heavy atom. The van der Waals surface area contributed by atoms with Gasteiger partial charge in [-0.3, -0.25) is 4.79 Å². The third-order valence-corrected chi connectivity index (χ3v) is 2.80. The van der Waals surface area contributed by atoms with E-state index >= 15 is 0 Å². The van der Waals surface area contributed by atoms with Crippen LogP contribution >= 0.6 is 0 Å². The van der Waals surface area contributed by atoms with E-state index in [4.69, 9.17) is 9.47 Å². The van der Waals surface area contributed by atoms with Crippen LogP contribution in [0.25, 0.3) is 10.8 Å². The maximum atomic E-state index is 11.8. The molecule has 19 heavy (non-hydrogen) atoms. The first-order chi connectivity index (χ1) is 9.13. The Hall–Kier alpha value is -2.36. The second-order valence-corrected chi connectivity index (χ2v) is 4.08. The fourth-order valence-electron chi connectivity index (χ4n) is 1.99. The van der Waals surface area contributed by atoms with E-state index in [-0.39, 0.29) is 0 Å². The van der Waals surface area contributed by atoms with Crippen molar-refractivity contribution in [2.75, 3.05) is 7.11 Å². The van der Waals surface area contributed by atoms with Crippen molar-refractivity contribution < 1.29 is 19.1 Å². The summed E-state index contributed by atoms with van der Waals surface area (Å²) in [5.74, 6) is -1.12. The number of carbonyl (C=O) groups excluding carboxylic acids is 2. The molecule has 0 aliphatic rings. The Bertz CT molecular complexity index is 613. The molecule has 0 aliphatic carbocycles. The van der Waals surface area contributed by atoms with Gasteiger partial charge >= 0.3 is 11.9 Å². The Balaban J connectivity index is 2.55. The zero-order valence-corrected chi connectivity index (χ0v) is 10.8. The molecule has 2 aromatic rings. The van der Waals surface area contributed by atoms with Gasteiger partial charge in [-0.2, -0.15) is 0 Å².